The van der Waals surface area contributed by atoms with E-state index < -0.39 is 0 Å². The first-order chi connectivity index (χ1) is 15.2. The smallest absolute Gasteiger partial charge is 0.214 e. The first-order valence-corrected chi connectivity index (χ1v) is 10.3. The summed E-state index contributed by atoms with van der Waals surface area (Å²) in [5.74, 6) is 2.11. The zero-order valence-electron chi connectivity index (χ0n) is 17.1. The van der Waals surface area contributed by atoms with Gasteiger partial charge in [-0.1, -0.05) is 36.4 Å². The molecule has 0 spiro atoms. The lowest BCUT2D eigenvalue weighted by Gasteiger charge is -2.14. The van der Waals surface area contributed by atoms with Gasteiger partial charge in [-0.25, -0.2) is 9.77 Å². The minimum absolute atomic E-state index is 0.486. The fourth-order valence-electron chi connectivity index (χ4n) is 3.17. The number of H-pyrrole nitrogens is 1. The van der Waals surface area contributed by atoms with Crippen molar-refractivity contribution >= 4 is 12.2 Å². The summed E-state index contributed by atoms with van der Waals surface area (Å²) in [6.07, 6.45) is 4.28. The summed E-state index contributed by atoms with van der Waals surface area (Å²) in [6.45, 7) is 1.12. The van der Waals surface area contributed by atoms with Crippen LogP contribution in [-0.2, 0) is 13.0 Å². The summed E-state index contributed by atoms with van der Waals surface area (Å²) in [4.78, 5) is 4.05. The molecule has 0 saturated heterocycles. The molecule has 0 bridgehead atoms. The van der Waals surface area contributed by atoms with Crippen LogP contribution in [-0.4, -0.2) is 33.6 Å². The van der Waals surface area contributed by atoms with Crippen LogP contribution in [0, 0.1) is 4.77 Å². The van der Waals surface area contributed by atoms with Crippen molar-refractivity contribution in [3.63, 3.8) is 0 Å². The van der Waals surface area contributed by atoms with E-state index in [1.165, 1.54) is 5.56 Å². The van der Waals surface area contributed by atoms with Crippen LogP contribution in [0.4, 0.5) is 0 Å². The molecule has 2 aromatic heterocycles. The predicted molar refractivity (Wildman–Crippen MR) is 122 cm³/mol. The van der Waals surface area contributed by atoms with Gasteiger partial charge in [0.15, 0.2) is 17.3 Å². The zero-order chi connectivity index (χ0) is 21.5. The molecule has 2 aromatic carbocycles. The van der Waals surface area contributed by atoms with Crippen LogP contribution in [0.1, 0.15) is 11.1 Å². The van der Waals surface area contributed by atoms with E-state index in [1.54, 1.807) is 24.2 Å². The van der Waals surface area contributed by atoms with E-state index >= 15 is 0 Å². The van der Waals surface area contributed by atoms with Gasteiger partial charge in [0, 0.05) is 24.4 Å². The van der Waals surface area contributed by atoms with E-state index in [1.807, 2.05) is 48.5 Å². The molecule has 0 radical (unpaired) electrons. The Morgan fingerprint density at radius 2 is 1.81 bits per heavy atom. The number of ether oxygens (including phenoxy) is 2. The van der Waals surface area contributed by atoms with Crippen LogP contribution >= 0.6 is 12.2 Å². The molecule has 7 nitrogen and oxygen atoms in total. The molecule has 158 valence electrons. The zero-order valence-corrected chi connectivity index (χ0v) is 17.9. The molecule has 2 heterocycles. The maximum absolute atomic E-state index is 5.95. The molecule has 4 rings (SSSR count). The van der Waals surface area contributed by atoms with E-state index in [9.17, 15) is 0 Å². The summed E-state index contributed by atoms with van der Waals surface area (Å²) in [5, 5.41) is 7.14. The highest BCUT2D eigenvalue weighted by atomic mass is 32.1. The summed E-state index contributed by atoms with van der Waals surface area (Å²) in [7, 11) is 1.64. The maximum atomic E-state index is 5.95. The maximum Gasteiger partial charge on any atom is 0.214 e. The fourth-order valence-corrected chi connectivity index (χ4v) is 3.37. The van der Waals surface area contributed by atoms with Crippen molar-refractivity contribution in [2.24, 2.45) is 0 Å². The molecule has 8 heteroatoms. The molecule has 0 fully saturated rings. The molecule has 4 aromatic rings. The van der Waals surface area contributed by atoms with Crippen molar-refractivity contribution < 1.29 is 9.47 Å². The Balaban J connectivity index is 1.42. The fraction of sp³-hybridized carbons (Fsp3) is 0.174. The molecule has 0 unspecified atom stereocenters. The summed E-state index contributed by atoms with van der Waals surface area (Å²) < 4.78 is 13.7. The van der Waals surface area contributed by atoms with Crippen molar-refractivity contribution in [2.45, 2.75) is 13.0 Å². The van der Waals surface area contributed by atoms with Crippen LogP contribution in [0.15, 0.2) is 73.1 Å². The Hall–Kier alpha value is -3.65. The van der Waals surface area contributed by atoms with Gasteiger partial charge in [0.1, 0.15) is 0 Å². The molecule has 0 saturated carbocycles. The molecule has 2 N–H and O–H groups in total. The highest BCUT2D eigenvalue weighted by Crippen LogP contribution is 2.28. The molecule has 0 aliphatic rings. The van der Waals surface area contributed by atoms with Gasteiger partial charge in [-0.2, -0.15) is 5.10 Å². The summed E-state index contributed by atoms with van der Waals surface area (Å²) >= 11 is 5.37. The third kappa shape index (κ3) is 5.10. The number of nitrogens with one attached hydrogen (secondary N) is 2. The van der Waals surface area contributed by atoms with Gasteiger partial charge in [0.2, 0.25) is 4.77 Å². The van der Waals surface area contributed by atoms with E-state index in [0.717, 1.165) is 23.3 Å². The first-order valence-electron chi connectivity index (χ1n) is 9.90. The van der Waals surface area contributed by atoms with Crippen molar-refractivity contribution in [2.75, 3.05) is 19.1 Å². The van der Waals surface area contributed by atoms with Crippen molar-refractivity contribution in [1.82, 2.24) is 19.9 Å². The van der Waals surface area contributed by atoms with E-state index in [2.05, 4.69) is 32.7 Å². The van der Waals surface area contributed by atoms with E-state index in [-0.39, 0.29) is 0 Å². The lowest BCUT2D eigenvalue weighted by atomic mass is 10.2. The topological polar surface area (TPSA) is 77.0 Å². The molecular weight excluding hydrogens is 410 g/mol. The lowest BCUT2D eigenvalue weighted by molar-refractivity contribution is 0.297. The number of benzene rings is 2. The average molecular weight is 434 g/mol. The second kappa shape index (κ2) is 9.90. The first kappa shape index (κ1) is 20.6. The van der Waals surface area contributed by atoms with Crippen LogP contribution in [0.5, 0.6) is 11.5 Å². The van der Waals surface area contributed by atoms with Gasteiger partial charge in [0.05, 0.1) is 20.3 Å². The molecule has 0 atom stereocenters. The van der Waals surface area contributed by atoms with Crippen LogP contribution in [0.2, 0.25) is 0 Å². The number of pyridine rings is 1. The Morgan fingerprint density at radius 1 is 1.00 bits per heavy atom. The van der Waals surface area contributed by atoms with Crippen LogP contribution < -0.4 is 14.9 Å². The number of hydrogen-bond donors (Lipinski definition) is 2. The van der Waals surface area contributed by atoms with Crippen LogP contribution in [0.3, 0.4) is 0 Å². The highest BCUT2D eigenvalue weighted by molar-refractivity contribution is 7.71. The van der Waals surface area contributed by atoms with Gasteiger partial charge in [-0.3, -0.25) is 4.98 Å². The van der Waals surface area contributed by atoms with Crippen LogP contribution in [0.25, 0.3) is 11.4 Å². The van der Waals surface area contributed by atoms with Crippen molar-refractivity contribution in [3.8, 4) is 22.9 Å². The number of nitrogens with zero attached hydrogens (tertiary/aromatic N) is 3. The third-order valence-corrected chi connectivity index (χ3v) is 5.05. The monoisotopic (exact) mass is 433 g/mol. The van der Waals surface area contributed by atoms with Gasteiger partial charge in [-0.05, 0) is 47.6 Å². The Kier molecular flexibility index (Phi) is 6.59. The Morgan fingerprint density at radius 3 is 2.58 bits per heavy atom. The number of rotatable bonds is 9. The SMILES string of the molecule is COc1cc(CNn2c(-c3ccncc3)n[nH]c2=S)ccc1OCCc1ccccc1. The quantitative estimate of drug-likeness (QED) is 0.382. The second-order valence-electron chi connectivity index (χ2n) is 6.83. The number of hydrogen-bond acceptors (Lipinski definition) is 6. The lowest BCUT2D eigenvalue weighted by Crippen LogP contribution is -2.16. The predicted octanol–water partition coefficient (Wildman–Crippen LogP) is 4.38. The third-order valence-electron chi connectivity index (χ3n) is 4.77. The summed E-state index contributed by atoms with van der Waals surface area (Å²) in [6, 6.07) is 19.9. The van der Waals surface area contributed by atoms with E-state index in [0.29, 0.717) is 29.5 Å². The minimum Gasteiger partial charge on any atom is -0.493 e. The molecule has 0 aliphatic heterocycles. The minimum atomic E-state index is 0.486. The normalized spacial score (nSPS) is 10.6. The standard InChI is InChI=1S/C23H23N5O2S/c1-29-21-15-18(7-8-20(21)30-14-11-17-5-3-2-4-6-17)16-25-28-22(26-27-23(28)31)19-9-12-24-13-10-19/h2-10,12-13,15,25H,11,14,16H2,1H3,(H,27,31). The molecular formula is C23H23N5O2S. The Bertz CT molecular complexity index is 1180. The van der Waals surface area contributed by atoms with E-state index in [4.69, 9.17) is 21.7 Å². The number of aromatic nitrogens is 4. The molecule has 0 amide bonds. The van der Waals surface area contributed by atoms with Gasteiger partial charge in [-0.15, -0.1) is 0 Å². The Labute approximate surface area is 185 Å². The number of methoxy groups -OCH3 is 1. The van der Waals surface area contributed by atoms with Crippen molar-refractivity contribution in [3.05, 3.63) is 89.0 Å². The van der Waals surface area contributed by atoms with Gasteiger partial charge >= 0.3 is 0 Å². The summed E-state index contributed by atoms with van der Waals surface area (Å²) in [5.41, 5.74) is 6.49. The second-order valence-corrected chi connectivity index (χ2v) is 7.21. The number of aromatic amines is 1. The molecule has 0 aliphatic carbocycles. The molecule has 31 heavy (non-hydrogen) atoms. The average Bonchev–Trinajstić information content (AvgIpc) is 3.19. The van der Waals surface area contributed by atoms with Gasteiger partial charge in [0.25, 0.3) is 0 Å². The largest absolute Gasteiger partial charge is 0.493 e. The van der Waals surface area contributed by atoms with Crippen molar-refractivity contribution in [1.29, 1.82) is 0 Å². The highest BCUT2D eigenvalue weighted by Gasteiger charge is 2.10. The van der Waals surface area contributed by atoms with Gasteiger partial charge < -0.3 is 14.9 Å².